The van der Waals surface area contributed by atoms with Crippen LogP contribution in [0.3, 0.4) is 0 Å². The normalized spacial score (nSPS) is 19.0. The molecule has 1 unspecified atom stereocenters. The monoisotopic (exact) mass is 386 g/mol. The average Bonchev–Trinajstić information content (AvgIpc) is 2.61. The maximum atomic E-state index is 5.84. The van der Waals surface area contributed by atoms with E-state index in [1.807, 2.05) is 7.11 Å². The summed E-state index contributed by atoms with van der Waals surface area (Å²) in [4.78, 5) is 0. The van der Waals surface area contributed by atoms with E-state index in [1.54, 1.807) is 14.2 Å². The molecule has 0 heterocycles. The quantitative estimate of drug-likeness (QED) is 0.482. The van der Waals surface area contributed by atoms with E-state index in [9.17, 15) is 0 Å². The zero-order valence-electron chi connectivity index (χ0n) is 14.6. The first-order chi connectivity index (χ1) is 11.2. The summed E-state index contributed by atoms with van der Waals surface area (Å²) in [6.07, 6.45) is 7.41. The summed E-state index contributed by atoms with van der Waals surface area (Å²) in [5, 5.41) is 1.11. The van der Waals surface area contributed by atoms with Crippen LogP contribution in [-0.4, -0.2) is 48.7 Å². The fourth-order valence-electron chi connectivity index (χ4n) is 3.76. The Morgan fingerprint density at radius 2 is 1.61 bits per heavy atom. The molecule has 0 N–H and O–H groups in total. The predicted octanol–water partition coefficient (Wildman–Crippen LogP) is 3.41. The van der Waals surface area contributed by atoms with Crippen LogP contribution in [0.1, 0.15) is 38.5 Å². The fraction of sp³-hybridized carbons (Fsp3) is 0.684. The molecule has 0 spiro atoms. The van der Waals surface area contributed by atoms with E-state index in [1.165, 1.54) is 36.6 Å². The van der Waals surface area contributed by atoms with E-state index in [0.29, 0.717) is 15.0 Å². The minimum absolute atomic E-state index is 0.106. The zero-order chi connectivity index (χ0) is 16.5. The summed E-state index contributed by atoms with van der Waals surface area (Å²) in [6, 6.07) is 10.7. The van der Waals surface area contributed by atoms with Gasteiger partial charge in [-0.05, 0) is 0 Å². The topological polar surface area (TPSA) is 27.7 Å². The Morgan fingerprint density at radius 1 is 0.957 bits per heavy atom. The van der Waals surface area contributed by atoms with Gasteiger partial charge in [0, 0.05) is 0 Å². The number of rotatable bonds is 9. The summed E-state index contributed by atoms with van der Waals surface area (Å²) >= 11 is 0.452. The van der Waals surface area contributed by atoms with E-state index >= 15 is 0 Å². The molecule has 0 bridgehead atoms. The third kappa shape index (κ3) is 5.30. The van der Waals surface area contributed by atoms with E-state index < -0.39 is 0 Å². The van der Waals surface area contributed by atoms with Gasteiger partial charge in [0.2, 0.25) is 0 Å². The van der Waals surface area contributed by atoms with Crippen LogP contribution in [0.4, 0.5) is 0 Å². The molecule has 0 amide bonds. The van der Waals surface area contributed by atoms with E-state index in [0.717, 1.165) is 11.7 Å². The van der Waals surface area contributed by atoms with Crippen LogP contribution in [0.25, 0.3) is 0 Å². The molecule has 1 fully saturated rings. The van der Waals surface area contributed by atoms with Gasteiger partial charge in [0.15, 0.2) is 0 Å². The van der Waals surface area contributed by atoms with Crippen LogP contribution in [-0.2, 0) is 14.2 Å². The SMILES string of the molecule is COC(C[Se]c1ccccc1)CC1(C(OC)OC)CCCCC1. The molecule has 0 saturated heterocycles. The van der Waals surface area contributed by atoms with Crippen LogP contribution >= 0.6 is 0 Å². The van der Waals surface area contributed by atoms with E-state index in [2.05, 4.69) is 30.3 Å². The summed E-state index contributed by atoms with van der Waals surface area (Å²) in [5.74, 6) is 0. The fourth-order valence-corrected chi connectivity index (χ4v) is 5.82. The van der Waals surface area contributed by atoms with Gasteiger partial charge in [0.1, 0.15) is 0 Å². The summed E-state index contributed by atoms with van der Waals surface area (Å²) in [6.45, 7) is 0. The molecule has 0 aliphatic heterocycles. The molecule has 4 heteroatoms. The zero-order valence-corrected chi connectivity index (χ0v) is 16.3. The third-order valence-electron chi connectivity index (χ3n) is 4.92. The standard InChI is InChI=1S/C19H30O3Se/c1-20-16(15-23-17-10-6-4-7-11-17)14-19(18(21-2)22-3)12-8-5-9-13-19/h4,6-7,10-11,16,18H,5,8-9,12-15H2,1-3H3. The van der Waals surface area contributed by atoms with Gasteiger partial charge in [-0.1, -0.05) is 0 Å². The molecule has 130 valence electrons. The molecule has 23 heavy (non-hydrogen) atoms. The predicted molar refractivity (Wildman–Crippen MR) is 95.4 cm³/mol. The molecule has 1 saturated carbocycles. The Morgan fingerprint density at radius 3 is 2.17 bits per heavy atom. The van der Waals surface area contributed by atoms with Gasteiger partial charge in [0.25, 0.3) is 0 Å². The molecule has 1 atom stereocenters. The first-order valence-electron chi connectivity index (χ1n) is 8.50. The third-order valence-corrected chi connectivity index (χ3v) is 7.32. The Hall–Kier alpha value is -0.381. The Balaban J connectivity index is 2.00. The van der Waals surface area contributed by atoms with Gasteiger partial charge < -0.3 is 0 Å². The molecule has 0 radical (unpaired) electrons. The molecule has 2 rings (SSSR count). The average molecular weight is 385 g/mol. The summed E-state index contributed by atoms with van der Waals surface area (Å²) in [5.41, 5.74) is 0.106. The number of hydrogen-bond acceptors (Lipinski definition) is 3. The van der Waals surface area contributed by atoms with Crippen LogP contribution in [0.2, 0.25) is 5.32 Å². The molecule has 1 aromatic rings. The number of benzene rings is 1. The van der Waals surface area contributed by atoms with Crippen LogP contribution < -0.4 is 4.46 Å². The molecule has 1 aromatic carbocycles. The Bertz CT molecular complexity index is 428. The van der Waals surface area contributed by atoms with Gasteiger partial charge in [-0.3, -0.25) is 0 Å². The Kier molecular flexibility index (Phi) is 8.08. The van der Waals surface area contributed by atoms with Crippen LogP contribution in [0.15, 0.2) is 30.3 Å². The maximum absolute atomic E-state index is 5.84. The molecule has 1 aliphatic rings. The van der Waals surface area contributed by atoms with Crippen molar-refractivity contribution in [2.45, 2.75) is 56.2 Å². The van der Waals surface area contributed by atoms with E-state index in [-0.39, 0.29) is 17.8 Å². The van der Waals surface area contributed by atoms with Crippen molar-refractivity contribution >= 4 is 19.4 Å². The number of methoxy groups -OCH3 is 3. The first kappa shape index (κ1) is 19.0. The second-order valence-electron chi connectivity index (χ2n) is 6.41. The Labute approximate surface area is 147 Å². The van der Waals surface area contributed by atoms with Crippen molar-refractivity contribution in [3.05, 3.63) is 30.3 Å². The van der Waals surface area contributed by atoms with Crippen molar-refractivity contribution in [3.8, 4) is 0 Å². The van der Waals surface area contributed by atoms with Gasteiger partial charge in [-0.15, -0.1) is 0 Å². The van der Waals surface area contributed by atoms with Crippen molar-refractivity contribution in [2.24, 2.45) is 5.41 Å². The molecule has 3 nitrogen and oxygen atoms in total. The van der Waals surface area contributed by atoms with Crippen molar-refractivity contribution in [1.29, 1.82) is 0 Å². The van der Waals surface area contributed by atoms with Gasteiger partial charge in [-0.25, -0.2) is 0 Å². The first-order valence-corrected chi connectivity index (χ1v) is 10.6. The van der Waals surface area contributed by atoms with E-state index in [4.69, 9.17) is 14.2 Å². The van der Waals surface area contributed by atoms with Gasteiger partial charge in [0.05, 0.1) is 0 Å². The number of hydrogen-bond donors (Lipinski definition) is 0. The van der Waals surface area contributed by atoms with Crippen molar-refractivity contribution in [3.63, 3.8) is 0 Å². The van der Waals surface area contributed by atoms with Crippen molar-refractivity contribution in [1.82, 2.24) is 0 Å². The molecule has 1 aliphatic carbocycles. The minimum atomic E-state index is -0.121. The number of ether oxygens (including phenoxy) is 3. The van der Waals surface area contributed by atoms with Crippen molar-refractivity contribution < 1.29 is 14.2 Å². The summed E-state index contributed by atoms with van der Waals surface area (Å²) in [7, 11) is 5.37. The van der Waals surface area contributed by atoms with Crippen LogP contribution in [0.5, 0.6) is 0 Å². The van der Waals surface area contributed by atoms with Crippen molar-refractivity contribution in [2.75, 3.05) is 21.3 Å². The second-order valence-corrected chi connectivity index (χ2v) is 8.71. The molecule has 0 aromatic heterocycles. The van der Waals surface area contributed by atoms with Crippen LogP contribution in [0, 0.1) is 5.41 Å². The van der Waals surface area contributed by atoms with Gasteiger partial charge in [-0.2, -0.15) is 0 Å². The van der Waals surface area contributed by atoms with Gasteiger partial charge >= 0.3 is 147 Å². The molecular weight excluding hydrogens is 355 g/mol. The molecular formula is C19H30O3Se. The summed E-state index contributed by atoms with van der Waals surface area (Å²) < 4.78 is 18.6. The second kappa shape index (κ2) is 9.80.